The molecule has 17 heavy (non-hydrogen) atoms. The first-order valence-electron chi connectivity index (χ1n) is 5.66. The third kappa shape index (κ3) is 3.38. The Balaban J connectivity index is 1.94. The first-order chi connectivity index (χ1) is 8.15. The minimum atomic E-state index is 0.0332. The monoisotopic (exact) mass is 252 g/mol. The largest absolute Gasteiger partial charge is 0.375 e. The molecule has 0 bridgehead atoms. The van der Waals surface area contributed by atoms with Crippen molar-refractivity contribution in [3.63, 3.8) is 0 Å². The Morgan fingerprint density at radius 2 is 2.53 bits per heavy atom. The van der Waals surface area contributed by atoms with Gasteiger partial charge in [-0.2, -0.15) is 0 Å². The summed E-state index contributed by atoms with van der Waals surface area (Å²) in [6, 6.07) is 0. The molecule has 0 radical (unpaired) electrons. The first-order valence-corrected chi connectivity index (χ1v) is 6.54. The van der Waals surface area contributed by atoms with E-state index in [2.05, 4.69) is 4.98 Å². The van der Waals surface area contributed by atoms with E-state index in [1.165, 1.54) is 0 Å². The summed E-state index contributed by atoms with van der Waals surface area (Å²) in [5.74, 6) is 0.0332. The Hall–Kier alpha value is -1.20. The zero-order chi connectivity index (χ0) is 12.3. The van der Waals surface area contributed by atoms with Crippen molar-refractivity contribution >= 4 is 23.3 Å². The van der Waals surface area contributed by atoms with E-state index in [1.807, 2.05) is 24.1 Å². The fourth-order valence-corrected chi connectivity index (χ4v) is 2.32. The molecule has 1 aliphatic rings. The maximum atomic E-state index is 11.9. The van der Waals surface area contributed by atoms with Gasteiger partial charge in [-0.3, -0.25) is 4.79 Å². The predicted octanol–water partition coefficient (Wildman–Crippen LogP) is 1.71. The lowest BCUT2D eigenvalue weighted by atomic mass is 10.3. The fraction of sp³-hybridized carbons (Fsp3) is 0.500. The van der Waals surface area contributed by atoms with Crippen molar-refractivity contribution in [1.82, 2.24) is 9.88 Å². The molecule has 0 spiro atoms. The number of ether oxygens (including phenoxy) is 1. The highest BCUT2D eigenvalue weighted by Crippen LogP contribution is 2.10. The number of aryl methyl sites for hydroxylation is 1. The van der Waals surface area contributed by atoms with Crippen molar-refractivity contribution in [2.75, 3.05) is 19.7 Å². The van der Waals surface area contributed by atoms with Crippen LogP contribution >= 0.6 is 11.3 Å². The van der Waals surface area contributed by atoms with Gasteiger partial charge in [0.2, 0.25) is 5.91 Å². The Labute approximate surface area is 105 Å². The van der Waals surface area contributed by atoms with Crippen molar-refractivity contribution in [2.45, 2.75) is 20.0 Å². The van der Waals surface area contributed by atoms with Crippen LogP contribution in [0.25, 0.3) is 6.08 Å². The molecular weight excluding hydrogens is 236 g/mol. The molecule has 0 aliphatic carbocycles. The molecule has 0 saturated carbocycles. The first kappa shape index (κ1) is 12.3. The van der Waals surface area contributed by atoms with Gasteiger partial charge in [-0.15, -0.1) is 11.3 Å². The summed E-state index contributed by atoms with van der Waals surface area (Å²) in [6.07, 6.45) is 3.49. The molecular formula is C12H16N2O2S. The van der Waals surface area contributed by atoms with E-state index < -0.39 is 0 Å². The second kappa shape index (κ2) is 5.42. The van der Waals surface area contributed by atoms with Crippen molar-refractivity contribution < 1.29 is 9.53 Å². The zero-order valence-electron chi connectivity index (χ0n) is 10.0. The van der Waals surface area contributed by atoms with Gasteiger partial charge in [0.15, 0.2) is 0 Å². The van der Waals surface area contributed by atoms with Gasteiger partial charge in [0, 0.05) is 24.5 Å². The number of carbonyl (C=O) groups is 1. The lowest BCUT2D eigenvalue weighted by Gasteiger charge is -2.30. The van der Waals surface area contributed by atoms with Gasteiger partial charge in [0.05, 0.1) is 23.4 Å². The topological polar surface area (TPSA) is 42.4 Å². The van der Waals surface area contributed by atoms with Gasteiger partial charge in [-0.1, -0.05) is 0 Å². The number of carbonyl (C=O) groups excluding carboxylic acids is 1. The van der Waals surface area contributed by atoms with Crippen LogP contribution in [0.15, 0.2) is 11.5 Å². The van der Waals surface area contributed by atoms with Crippen LogP contribution in [0.5, 0.6) is 0 Å². The summed E-state index contributed by atoms with van der Waals surface area (Å²) < 4.78 is 5.40. The lowest BCUT2D eigenvalue weighted by molar-refractivity contribution is -0.132. The van der Waals surface area contributed by atoms with Gasteiger partial charge in [-0.25, -0.2) is 4.98 Å². The number of thiazole rings is 1. The Bertz CT molecular complexity index is 428. The molecule has 1 aromatic rings. The van der Waals surface area contributed by atoms with E-state index in [4.69, 9.17) is 4.74 Å². The number of hydrogen-bond acceptors (Lipinski definition) is 4. The van der Waals surface area contributed by atoms with Gasteiger partial charge in [-0.05, 0) is 19.9 Å². The van der Waals surface area contributed by atoms with Crippen LogP contribution < -0.4 is 0 Å². The fourth-order valence-electron chi connectivity index (χ4n) is 1.74. The molecule has 2 rings (SSSR count). The molecule has 1 amide bonds. The van der Waals surface area contributed by atoms with Crippen LogP contribution in [0.3, 0.4) is 0 Å². The number of morpholine rings is 1. The summed E-state index contributed by atoms with van der Waals surface area (Å²) in [4.78, 5) is 18.0. The number of nitrogens with zero attached hydrogens (tertiary/aromatic N) is 2. The third-order valence-corrected chi connectivity index (χ3v) is 3.38. The molecule has 1 aliphatic heterocycles. The Morgan fingerprint density at radius 1 is 1.71 bits per heavy atom. The minimum absolute atomic E-state index is 0.0332. The standard InChI is InChI=1S/C12H16N2O2S/c1-9-7-14(5-6-16-9)12(15)4-3-11-8-17-10(2)13-11/h3-4,8-9H,5-7H2,1-2H3/b4-3+. The number of hydrogen-bond donors (Lipinski definition) is 0. The van der Waals surface area contributed by atoms with Crippen LogP contribution in [0, 0.1) is 6.92 Å². The Kier molecular flexibility index (Phi) is 3.91. The van der Waals surface area contributed by atoms with Crippen molar-refractivity contribution in [3.8, 4) is 0 Å². The summed E-state index contributed by atoms with van der Waals surface area (Å²) in [5, 5.41) is 2.96. The van der Waals surface area contributed by atoms with Crippen molar-refractivity contribution in [3.05, 3.63) is 22.2 Å². The third-order valence-electron chi connectivity index (χ3n) is 2.59. The predicted molar refractivity (Wildman–Crippen MR) is 67.9 cm³/mol. The van der Waals surface area contributed by atoms with E-state index >= 15 is 0 Å². The van der Waals surface area contributed by atoms with Gasteiger partial charge >= 0.3 is 0 Å². The highest BCUT2D eigenvalue weighted by atomic mass is 32.1. The van der Waals surface area contributed by atoms with Crippen LogP contribution in [-0.2, 0) is 9.53 Å². The Morgan fingerprint density at radius 3 is 3.18 bits per heavy atom. The van der Waals surface area contributed by atoms with Gasteiger partial charge in [0.1, 0.15) is 0 Å². The van der Waals surface area contributed by atoms with Crippen LogP contribution in [0.2, 0.25) is 0 Å². The maximum absolute atomic E-state index is 11.9. The van der Waals surface area contributed by atoms with Crippen LogP contribution in [-0.4, -0.2) is 41.6 Å². The minimum Gasteiger partial charge on any atom is -0.375 e. The highest BCUT2D eigenvalue weighted by molar-refractivity contribution is 7.09. The average Bonchev–Trinajstić information content (AvgIpc) is 2.72. The summed E-state index contributed by atoms with van der Waals surface area (Å²) in [6.45, 7) is 5.89. The van der Waals surface area contributed by atoms with Gasteiger partial charge < -0.3 is 9.64 Å². The van der Waals surface area contributed by atoms with Crippen LogP contribution in [0.1, 0.15) is 17.6 Å². The normalized spacial score (nSPS) is 21.1. The molecule has 0 aromatic carbocycles. The van der Waals surface area contributed by atoms with E-state index in [-0.39, 0.29) is 12.0 Å². The molecule has 0 N–H and O–H groups in total. The van der Waals surface area contributed by atoms with Crippen molar-refractivity contribution in [1.29, 1.82) is 0 Å². The highest BCUT2D eigenvalue weighted by Gasteiger charge is 2.19. The van der Waals surface area contributed by atoms with E-state index in [1.54, 1.807) is 23.5 Å². The molecule has 92 valence electrons. The lowest BCUT2D eigenvalue weighted by Crippen LogP contribution is -2.43. The summed E-state index contributed by atoms with van der Waals surface area (Å²) in [7, 11) is 0. The number of rotatable bonds is 2. The summed E-state index contributed by atoms with van der Waals surface area (Å²) in [5.41, 5.74) is 0.849. The quantitative estimate of drug-likeness (QED) is 0.753. The molecule has 1 fully saturated rings. The molecule has 4 nitrogen and oxygen atoms in total. The smallest absolute Gasteiger partial charge is 0.246 e. The zero-order valence-corrected chi connectivity index (χ0v) is 10.9. The molecule has 1 aromatic heterocycles. The van der Waals surface area contributed by atoms with E-state index in [0.717, 1.165) is 10.7 Å². The second-order valence-corrected chi connectivity index (χ2v) is 5.15. The SMILES string of the molecule is Cc1nc(/C=C/C(=O)N2CCOC(C)C2)cs1. The maximum Gasteiger partial charge on any atom is 0.246 e. The van der Waals surface area contributed by atoms with Gasteiger partial charge in [0.25, 0.3) is 0 Å². The van der Waals surface area contributed by atoms with Crippen LogP contribution in [0.4, 0.5) is 0 Å². The van der Waals surface area contributed by atoms with E-state index in [0.29, 0.717) is 19.7 Å². The molecule has 2 heterocycles. The summed E-state index contributed by atoms with van der Waals surface area (Å²) >= 11 is 1.58. The second-order valence-electron chi connectivity index (χ2n) is 4.09. The average molecular weight is 252 g/mol. The molecule has 1 atom stereocenters. The molecule has 1 saturated heterocycles. The number of aromatic nitrogens is 1. The van der Waals surface area contributed by atoms with E-state index in [9.17, 15) is 4.79 Å². The number of amides is 1. The molecule has 5 heteroatoms. The molecule has 1 unspecified atom stereocenters. The van der Waals surface area contributed by atoms with Crippen molar-refractivity contribution in [2.24, 2.45) is 0 Å².